The van der Waals surface area contributed by atoms with E-state index in [1.54, 1.807) is 0 Å². The van der Waals surface area contributed by atoms with Gasteiger partial charge in [0.05, 0.1) is 13.1 Å². The molecule has 6 nitrogen and oxygen atoms in total. The summed E-state index contributed by atoms with van der Waals surface area (Å²) in [5, 5.41) is 0. The predicted octanol–water partition coefficient (Wildman–Crippen LogP) is -1.49. The van der Waals surface area contributed by atoms with Crippen molar-refractivity contribution >= 4 is 11.7 Å². The largest absolute Gasteiger partial charge is 0.363 e. The topological polar surface area (TPSA) is 104 Å². The van der Waals surface area contributed by atoms with Crippen LogP contribution >= 0.6 is 0 Å². The Morgan fingerprint density at radius 1 is 1.54 bits per heavy atom. The maximum atomic E-state index is 10.9. The quantitative estimate of drug-likeness (QED) is 0.591. The van der Waals surface area contributed by atoms with E-state index < -0.39 is 5.91 Å². The molecule has 0 unspecified atom stereocenters. The van der Waals surface area contributed by atoms with Crippen LogP contribution in [-0.2, 0) is 11.3 Å². The standard InChI is InChI=1S/C7H10N4O2/c8-3-5(12)4-11-2-1-10-7(11)6(9)13/h1-2H,3-4,8H2,(H2,9,13). The number of hydrogen-bond acceptors (Lipinski definition) is 4. The molecule has 0 aliphatic rings. The van der Waals surface area contributed by atoms with E-state index in [4.69, 9.17) is 11.5 Å². The first-order chi connectivity index (χ1) is 6.15. The number of ketones is 1. The van der Waals surface area contributed by atoms with Crippen molar-refractivity contribution in [3.63, 3.8) is 0 Å². The molecule has 0 atom stereocenters. The Bertz CT molecular complexity index is 331. The number of carbonyl (C=O) groups is 2. The van der Waals surface area contributed by atoms with Crippen LogP contribution in [0.5, 0.6) is 0 Å². The van der Waals surface area contributed by atoms with Crippen LogP contribution < -0.4 is 11.5 Å². The van der Waals surface area contributed by atoms with E-state index in [9.17, 15) is 9.59 Å². The normalized spacial score (nSPS) is 9.92. The zero-order valence-corrected chi connectivity index (χ0v) is 6.93. The molecule has 6 heteroatoms. The second kappa shape index (κ2) is 3.81. The lowest BCUT2D eigenvalue weighted by molar-refractivity contribution is -0.118. The van der Waals surface area contributed by atoms with Gasteiger partial charge < -0.3 is 16.0 Å². The maximum Gasteiger partial charge on any atom is 0.284 e. The molecule has 0 aromatic carbocycles. The zero-order valence-electron chi connectivity index (χ0n) is 6.93. The molecule has 1 amide bonds. The Morgan fingerprint density at radius 2 is 2.23 bits per heavy atom. The number of aromatic nitrogens is 2. The van der Waals surface area contributed by atoms with E-state index in [2.05, 4.69) is 4.98 Å². The summed E-state index contributed by atoms with van der Waals surface area (Å²) in [6.45, 7) is -0.0227. The third-order valence-corrected chi connectivity index (χ3v) is 1.51. The molecule has 13 heavy (non-hydrogen) atoms. The van der Waals surface area contributed by atoms with Crippen molar-refractivity contribution in [3.8, 4) is 0 Å². The molecule has 4 N–H and O–H groups in total. The van der Waals surface area contributed by atoms with Gasteiger partial charge in [0.1, 0.15) is 0 Å². The fraction of sp³-hybridized carbons (Fsp3) is 0.286. The number of amides is 1. The lowest BCUT2D eigenvalue weighted by Crippen LogP contribution is -2.24. The summed E-state index contributed by atoms with van der Waals surface area (Å²) in [4.78, 5) is 25.4. The van der Waals surface area contributed by atoms with Gasteiger partial charge in [-0.2, -0.15) is 0 Å². The van der Waals surface area contributed by atoms with Crippen molar-refractivity contribution in [1.29, 1.82) is 0 Å². The smallest absolute Gasteiger partial charge is 0.284 e. The molecular weight excluding hydrogens is 172 g/mol. The number of carbonyl (C=O) groups excluding carboxylic acids is 2. The Kier molecular flexibility index (Phi) is 2.76. The predicted molar refractivity (Wildman–Crippen MR) is 44.8 cm³/mol. The Labute approximate surface area is 74.5 Å². The minimum Gasteiger partial charge on any atom is -0.363 e. The van der Waals surface area contributed by atoms with Crippen LogP contribution in [0.1, 0.15) is 10.6 Å². The summed E-state index contributed by atoms with van der Waals surface area (Å²) >= 11 is 0. The molecule has 0 bridgehead atoms. The number of Topliss-reactive ketones (excluding diaryl/α,β-unsaturated/α-hetero) is 1. The second-order valence-corrected chi connectivity index (χ2v) is 2.49. The highest BCUT2D eigenvalue weighted by molar-refractivity contribution is 5.90. The van der Waals surface area contributed by atoms with E-state index in [1.165, 1.54) is 17.0 Å². The molecule has 1 aromatic heterocycles. The summed E-state index contributed by atoms with van der Waals surface area (Å²) in [5.41, 5.74) is 10.1. The van der Waals surface area contributed by atoms with E-state index in [0.29, 0.717) is 0 Å². The maximum absolute atomic E-state index is 10.9. The monoisotopic (exact) mass is 182 g/mol. The first-order valence-electron chi connectivity index (χ1n) is 3.68. The molecule has 0 spiro atoms. The lowest BCUT2D eigenvalue weighted by atomic mass is 10.4. The molecule has 1 aromatic rings. The van der Waals surface area contributed by atoms with E-state index >= 15 is 0 Å². The van der Waals surface area contributed by atoms with Crippen molar-refractivity contribution in [2.75, 3.05) is 6.54 Å². The molecular formula is C7H10N4O2. The summed E-state index contributed by atoms with van der Waals surface area (Å²) in [5.74, 6) is -0.767. The minimum atomic E-state index is -0.658. The summed E-state index contributed by atoms with van der Waals surface area (Å²) in [7, 11) is 0. The van der Waals surface area contributed by atoms with Gasteiger partial charge in [-0.1, -0.05) is 0 Å². The fourth-order valence-electron chi connectivity index (χ4n) is 0.916. The minimum absolute atomic E-state index is 0.0365. The molecule has 0 saturated carbocycles. The van der Waals surface area contributed by atoms with Gasteiger partial charge in [0, 0.05) is 12.4 Å². The van der Waals surface area contributed by atoms with Gasteiger partial charge in [-0.25, -0.2) is 4.98 Å². The first kappa shape index (κ1) is 9.40. The molecule has 0 saturated heterocycles. The lowest BCUT2D eigenvalue weighted by Gasteiger charge is -2.02. The van der Waals surface area contributed by atoms with Crippen LogP contribution in [-0.4, -0.2) is 27.8 Å². The average molecular weight is 182 g/mol. The van der Waals surface area contributed by atoms with Crippen molar-refractivity contribution < 1.29 is 9.59 Å². The van der Waals surface area contributed by atoms with Gasteiger partial charge in [0.15, 0.2) is 11.6 Å². The first-order valence-corrected chi connectivity index (χ1v) is 3.68. The summed E-state index contributed by atoms with van der Waals surface area (Å²) in [6, 6.07) is 0. The van der Waals surface area contributed by atoms with Gasteiger partial charge in [-0.05, 0) is 0 Å². The molecule has 0 radical (unpaired) electrons. The number of hydrogen-bond donors (Lipinski definition) is 2. The number of imidazole rings is 1. The van der Waals surface area contributed by atoms with Gasteiger partial charge in [-0.15, -0.1) is 0 Å². The highest BCUT2D eigenvalue weighted by Gasteiger charge is 2.10. The molecule has 0 aliphatic heterocycles. The zero-order chi connectivity index (χ0) is 9.84. The van der Waals surface area contributed by atoms with Crippen LogP contribution in [0.3, 0.4) is 0 Å². The van der Waals surface area contributed by atoms with E-state index in [1.807, 2.05) is 0 Å². The fourth-order valence-corrected chi connectivity index (χ4v) is 0.916. The van der Waals surface area contributed by atoms with Crippen LogP contribution in [0.15, 0.2) is 12.4 Å². The average Bonchev–Trinajstić information content (AvgIpc) is 2.52. The Hall–Kier alpha value is -1.69. The number of nitrogens with zero attached hydrogens (tertiary/aromatic N) is 2. The van der Waals surface area contributed by atoms with Crippen LogP contribution in [0.4, 0.5) is 0 Å². The molecule has 0 aliphatic carbocycles. The molecule has 0 fully saturated rings. The van der Waals surface area contributed by atoms with Gasteiger partial charge in [0.2, 0.25) is 0 Å². The molecule has 1 heterocycles. The number of rotatable bonds is 4. The third-order valence-electron chi connectivity index (χ3n) is 1.51. The van der Waals surface area contributed by atoms with Gasteiger partial charge in [-0.3, -0.25) is 9.59 Å². The van der Waals surface area contributed by atoms with Gasteiger partial charge >= 0.3 is 0 Å². The molecule has 1 rings (SSSR count). The SMILES string of the molecule is NCC(=O)Cn1ccnc1C(N)=O. The van der Waals surface area contributed by atoms with Crippen molar-refractivity contribution in [2.24, 2.45) is 11.5 Å². The molecule has 70 valence electrons. The van der Waals surface area contributed by atoms with E-state index in [-0.39, 0.29) is 24.7 Å². The van der Waals surface area contributed by atoms with Crippen molar-refractivity contribution in [2.45, 2.75) is 6.54 Å². The van der Waals surface area contributed by atoms with Crippen LogP contribution in [0, 0.1) is 0 Å². The number of primary amides is 1. The Morgan fingerprint density at radius 3 is 2.77 bits per heavy atom. The summed E-state index contributed by atoms with van der Waals surface area (Å²) in [6.07, 6.45) is 2.91. The highest BCUT2D eigenvalue weighted by atomic mass is 16.1. The Balaban J connectivity index is 2.82. The van der Waals surface area contributed by atoms with E-state index in [0.717, 1.165) is 0 Å². The van der Waals surface area contributed by atoms with Crippen molar-refractivity contribution in [1.82, 2.24) is 9.55 Å². The highest BCUT2D eigenvalue weighted by Crippen LogP contribution is 1.96. The van der Waals surface area contributed by atoms with Gasteiger partial charge in [0.25, 0.3) is 5.91 Å². The van der Waals surface area contributed by atoms with Crippen molar-refractivity contribution in [3.05, 3.63) is 18.2 Å². The third kappa shape index (κ3) is 2.12. The number of nitrogens with two attached hydrogens (primary N) is 2. The summed E-state index contributed by atoms with van der Waals surface area (Å²) < 4.78 is 1.37. The van der Waals surface area contributed by atoms with Crippen LogP contribution in [0.2, 0.25) is 0 Å². The van der Waals surface area contributed by atoms with Crippen LogP contribution in [0.25, 0.3) is 0 Å². The second-order valence-electron chi connectivity index (χ2n) is 2.49.